The minimum atomic E-state index is -1.15. The number of benzene rings is 2. The number of H-pyrrole nitrogens is 1. The SMILES string of the molecule is COc1ccc2cc(C(C)C(=O)OCC3OC(n4cc(F)c(=O)[nH]c4=O)CC3O)ccc2c1. The molecule has 4 atom stereocenters. The van der Waals surface area contributed by atoms with E-state index in [1.807, 2.05) is 41.4 Å². The molecule has 2 N–H and O–H groups in total. The van der Waals surface area contributed by atoms with Crippen LogP contribution in [0.1, 0.15) is 31.1 Å². The number of hydrogen-bond acceptors (Lipinski definition) is 7. The van der Waals surface area contributed by atoms with E-state index in [0.29, 0.717) is 0 Å². The maximum absolute atomic E-state index is 13.5. The minimum absolute atomic E-state index is 0.0305. The Morgan fingerprint density at radius 1 is 1.27 bits per heavy atom. The molecule has 10 heteroatoms. The van der Waals surface area contributed by atoms with Gasteiger partial charge in [-0.05, 0) is 35.4 Å². The summed E-state index contributed by atoms with van der Waals surface area (Å²) in [7, 11) is 1.60. The number of hydrogen-bond donors (Lipinski definition) is 2. The predicted molar refractivity (Wildman–Crippen MR) is 116 cm³/mol. The van der Waals surface area contributed by atoms with E-state index in [0.717, 1.165) is 32.8 Å². The lowest BCUT2D eigenvalue weighted by Crippen LogP contribution is -2.34. The number of aromatic amines is 1. The maximum Gasteiger partial charge on any atom is 0.330 e. The number of carbonyl (C=O) groups is 1. The van der Waals surface area contributed by atoms with Gasteiger partial charge in [-0.15, -0.1) is 0 Å². The van der Waals surface area contributed by atoms with Gasteiger partial charge in [0.2, 0.25) is 5.82 Å². The molecular formula is C23H23FN2O7. The predicted octanol–water partition coefficient (Wildman–Crippen LogP) is 1.83. The number of fused-ring (bicyclic) bond motifs is 1. The Morgan fingerprint density at radius 2 is 2.00 bits per heavy atom. The van der Waals surface area contributed by atoms with Crippen LogP contribution < -0.4 is 16.0 Å². The number of halogens is 1. The summed E-state index contributed by atoms with van der Waals surface area (Å²) in [5.74, 6) is -1.48. The first kappa shape index (κ1) is 22.7. The summed E-state index contributed by atoms with van der Waals surface area (Å²) in [6, 6.07) is 11.3. The van der Waals surface area contributed by atoms with Crippen LogP contribution >= 0.6 is 0 Å². The van der Waals surface area contributed by atoms with Crippen LogP contribution in [-0.4, -0.2) is 46.6 Å². The lowest BCUT2D eigenvalue weighted by molar-refractivity contribution is -0.151. The lowest BCUT2D eigenvalue weighted by Gasteiger charge is -2.18. The van der Waals surface area contributed by atoms with Crippen molar-refractivity contribution in [3.8, 4) is 5.75 Å². The summed E-state index contributed by atoms with van der Waals surface area (Å²) in [6.45, 7) is 1.47. The van der Waals surface area contributed by atoms with Crippen LogP contribution in [0.25, 0.3) is 10.8 Å². The van der Waals surface area contributed by atoms with Crippen LogP contribution in [0.2, 0.25) is 0 Å². The van der Waals surface area contributed by atoms with Crippen molar-refractivity contribution < 1.29 is 28.5 Å². The molecule has 0 spiro atoms. The first-order valence-electron chi connectivity index (χ1n) is 10.4. The molecule has 2 heterocycles. The summed E-state index contributed by atoms with van der Waals surface area (Å²) < 4.78 is 30.6. The van der Waals surface area contributed by atoms with E-state index in [4.69, 9.17) is 14.2 Å². The number of nitrogens with one attached hydrogen (secondary N) is 1. The largest absolute Gasteiger partial charge is 0.497 e. The normalized spacial score (nSPS) is 21.2. The van der Waals surface area contributed by atoms with Gasteiger partial charge >= 0.3 is 11.7 Å². The van der Waals surface area contributed by atoms with Crippen LogP contribution in [0.5, 0.6) is 5.75 Å². The Kier molecular flexibility index (Phi) is 6.30. The molecule has 4 rings (SSSR count). The fourth-order valence-electron chi connectivity index (χ4n) is 3.77. The molecule has 0 amide bonds. The zero-order valence-electron chi connectivity index (χ0n) is 18.0. The van der Waals surface area contributed by atoms with Gasteiger partial charge in [0.25, 0.3) is 5.56 Å². The van der Waals surface area contributed by atoms with Crippen molar-refractivity contribution in [2.45, 2.75) is 37.7 Å². The van der Waals surface area contributed by atoms with Gasteiger partial charge in [0.05, 0.1) is 25.3 Å². The molecule has 33 heavy (non-hydrogen) atoms. The number of esters is 1. The highest BCUT2D eigenvalue weighted by Gasteiger charge is 2.37. The van der Waals surface area contributed by atoms with E-state index in [-0.39, 0.29) is 13.0 Å². The average molecular weight is 458 g/mol. The summed E-state index contributed by atoms with van der Waals surface area (Å²) in [4.78, 5) is 37.6. The second-order valence-electron chi connectivity index (χ2n) is 7.90. The monoisotopic (exact) mass is 458 g/mol. The fraction of sp³-hybridized carbons (Fsp3) is 0.348. The molecule has 1 aliphatic rings. The summed E-state index contributed by atoms with van der Waals surface area (Å²) in [5.41, 5.74) is -1.24. The Labute approximate surface area is 187 Å². The van der Waals surface area contributed by atoms with Crippen LogP contribution in [0.3, 0.4) is 0 Å². The van der Waals surface area contributed by atoms with Gasteiger partial charge in [0.1, 0.15) is 24.7 Å². The van der Waals surface area contributed by atoms with Crippen molar-refractivity contribution in [1.29, 1.82) is 0 Å². The smallest absolute Gasteiger partial charge is 0.330 e. The highest BCUT2D eigenvalue weighted by Crippen LogP contribution is 2.29. The Morgan fingerprint density at radius 3 is 2.76 bits per heavy atom. The van der Waals surface area contributed by atoms with E-state index in [9.17, 15) is 23.9 Å². The highest BCUT2D eigenvalue weighted by atomic mass is 19.1. The van der Waals surface area contributed by atoms with Crippen LogP contribution in [0, 0.1) is 5.82 Å². The zero-order valence-corrected chi connectivity index (χ0v) is 18.0. The standard InChI is InChI=1S/C23H23FN2O7/c1-12(13-3-4-15-8-16(31-2)6-5-14(15)7-13)22(29)32-11-19-18(27)9-20(33-19)26-10-17(24)21(28)25-23(26)30/h3-8,10,12,18-20,27H,9,11H2,1-2H3,(H,25,28,30). The fourth-order valence-corrected chi connectivity index (χ4v) is 3.77. The second-order valence-corrected chi connectivity index (χ2v) is 7.90. The molecule has 1 aliphatic heterocycles. The molecule has 0 bridgehead atoms. The van der Waals surface area contributed by atoms with Gasteiger partial charge in [0, 0.05) is 6.42 Å². The Hall–Kier alpha value is -3.50. The van der Waals surface area contributed by atoms with Crippen molar-refractivity contribution in [3.05, 3.63) is 74.8 Å². The summed E-state index contributed by atoms with van der Waals surface area (Å²) in [6.07, 6.45) is -2.26. The molecule has 3 aromatic rings. The molecule has 1 fully saturated rings. The molecular weight excluding hydrogens is 435 g/mol. The average Bonchev–Trinajstić information content (AvgIpc) is 3.18. The van der Waals surface area contributed by atoms with Crippen LogP contribution in [0.15, 0.2) is 52.2 Å². The molecule has 0 aliphatic carbocycles. The van der Waals surface area contributed by atoms with Gasteiger partial charge in [-0.2, -0.15) is 4.39 Å². The number of aliphatic hydroxyl groups is 1. The van der Waals surface area contributed by atoms with Crippen LogP contribution in [0.4, 0.5) is 4.39 Å². The van der Waals surface area contributed by atoms with E-state index < -0.39 is 47.4 Å². The lowest BCUT2D eigenvalue weighted by atomic mass is 9.98. The topological polar surface area (TPSA) is 120 Å². The van der Waals surface area contributed by atoms with Crippen molar-refractivity contribution in [2.24, 2.45) is 0 Å². The molecule has 0 radical (unpaired) electrons. The van der Waals surface area contributed by atoms with Crippen LogP contribution in [-0.2, 0) is 14.3 Å². The highest BCUT2D eigenvalue weighted by molar-refractivity contribution is 5.86. The molecule has 4 unspecified atom stereocenters. The molecule has 1 aromatic heterocycles. The number of aliphatic hydroxyl groups excluding tert-OH is 1. The van der Waals surface area contributed by atoms with Gasteiger partial charge in [-0.1, -0.05) is 24.3 Å². The van der Waals surface area contributed by atoms with Crippen molar-refractivity contribution in [2.75, 3.05) is 13.7 Å². The quantitative estimate of drug-likeness (QED) is 0.541. The number of nitrogens with zero attached hydrogens (tertiary/aromatic N) is 1. The van der Waals surface area contributed by atoms with Crippen molar-refractivity contribution in [1.82, 2.24) is 9.55 Å². The van der Waals surface area contributed by atoms with E-state index >= 15 is 0 Å². The van der Waals surface area contributed by atoms with Crippen molar-refractivity contribution >= 4 is 16.7 Å². The second kappa shape index (κ2) is 9.16. The van der Waals surface area contributed by atoms with E-state index in [1.165, 1.54) is 0 Å². The number of carbonyl (C=O) groups excluding carboxylic acids is 1. The molecule has 9 nitrogen and oxygen atoms in total. The first-order valence-corrected chi connectivity index (χ1v) is 10.4. The number of methoxy groups -OCH3 is 1. The summed E-state index contributed by atoms with van der Waals surface area (Å²) >= 11 is 0. The first-order chi connectivity index (χ1) is 15.8. The van der Waals surface area contributed by atoms with E-state index in [1.54, 1.807) is 14.0 Å². The van der Waals surface area contributed by atoms with Gasteiger partial charge in [0.15, 0.2) is 0 Å². The molecule has 174 valence electrons. The van der Waals surface area contributed by atoms with Gasteiger partial charge in [-0.25, -0.2) is 4.79 Å². The Balaban J connectivity index is 1.40. The van der Waals surface area contributed by atoms with Gasteiger partial charge in [-0.3, -0.25) is 19.1 Å². The zero-order chi connectivity index (χ0) is 23.7. The number of rotatable bonds is 6. The van der Waals surface area contributed by atoms with Crippen molar-refractivity contribution in [3.63, 3.8) is 0 Å². The minimum Gasteiger partial charge on any atom is -0.497 e. The third-order valence-electron chi connectivity index (χ3n) is 5.75. The molecule has 2 aromatic carbocycles. The van der Waals surface area contributed by atoms with Gasteiger partial charge < -0.3 is 19.3 Å². The summed E-state index contributed by atoms with van der Waals surface area (Å²) in [5, 5.41) is 12.2. The number of aromatic nitrogens is 2. The maximum atomic E-state index is 13.5. The third-order valence-corrected chi connectivity index (χ3v) is 5.75. The Bertz CT molecular complexity index is 1300. The molecule has 1 saturated heterocycles. The third kappa shape index (κ3) is 4.67. The number of ether oxygens (including phenoxy) is 3. The molecule has 0 saturated carbocycles. The van der Waals surface area contributed by atoms with E-state index in [2.05, 4.69) is 0 Å².